The van der Waals surface area contributed by atoms with Crippen LogP contribution >= 0.6 is 15.9 Å². The first-order valence-corrected chi connectivity index (χ1v) is 4.21. The lowest BCUT2D eigenvalue weighted by molar-refractivity contribution is 0.371. The van der Waals surface area contributed by atoms with Crippen LogP contribution in [0.4, 0.5) is 0 Å². The van der Waals surface area contributed by atoms with Gasteiger partial charge in [0.25, 0.3) is 0 Å². The largest absolute Gasteiger partial charge is 0.359 e. The van der Waals surface area contributed by atoms with E-state index < -0.39 is 0 Å². The fourth-order valence-electron chi connectivity index (χ4n) is 0.908. The third-order valence-electron chi connectivity index (χ3n) is 1.41. The average molecular weight is 228 g/mol. The van der Waals surface area contributed by atoms with Gasteiger partial charge in [-0.3, -0.25) is 4.68 Å². The highest BCUT2D eigenvalue weighted by Gasteiger charge is 1.99. The van der Waals surface area contributed by atoms with E-state index in [2.05, 4.69) is 26.2 Å². The van der Waals surface area contributed by atoms with Gasteiger partial charge >= 0.3 is 0 Å². The molecule has 2 heterocycles. The molecule has 0 atom stereocenters. The van der Waals surface area contributed by atoms with Crippen LogP contribution in [0.15, 0.2) is 33.7 Å². The minimum absolute atomic E-state index is 0.617. The fourth-order valence-corrected chi connectivity index (χ4v) is 1.24. The molecule has 12 heavy (non-hydrogen) atoms. The number of hydrogen-bond acceptors (Lipinski definition) is 3. The Balaban J connectivity index is 2.14. The third kappa shape index (κ3) is 1.55. The Bertz CT molecular complexity index is 354. The minimum atomic E-state index is 0.617. The van der Waals surface area contributed by atoms with Crippen molar-refractivity contribution in [1.82, 2.24) is 14.9 Å². The maximum absolute atomic E-state index is 4.92. The van der Waals surface area contributed by atoms with E-state index in [0.717, 1.165) is 10.2 Å². The van der Waals surface area contributed by atoms with Gasteiger partial charge in [-0.15, -0.1) is 0 Å². The van der Waals surface area contributed by atoms with Gasteiger partial charge in [0.2, 0.25) is 0 Å². The van der Waals surface area contributed by atoms with Crippen LogP contribution in [-0.4, -0.2) is 14.9 Å². The smallest absolute Gasteiger partial charge is 0.158 e. The maximum atomic E-state index is 4.92. The van der Waals surface area contributed by atoms with E-state index in [1.165, 1.54) is 0 Å². The Morgan fingerprint density at radius 1 is 1.58 bits per heavy atom. The standard InChI is InChI=1S/C7H6BrN3O/c8-6-3-9-11(4-6)5-7-1-2-10-12-7/h1-4H,5H2. The summed E-state index contributed by atoms with van der Waals surface area (Å²) in [6.07, 6.45) is 5.23. The van der Waals surface area contributed by atoms with E-state index in [0.29, 0.717) is 6.54 Å². The lowest BCUT2D eigenvalue weighted by Crippen LogP contribution is -1.97. The summed E-state index contributed by atoms with van der Waals surface area (Å²) in [6, 6.07) is 1.82. The second-order valence-electron chi connectivity index (χ2n) is 2.33. The van der Waals surface area contributed by atoms with Crippen molar-refractivity contribution in [1.29, 1.82) is 0 Å². The molecule has 0 saturated carbocycles. The zero-order valence-electron chi connectivity index (χ0n) is 6.14. The summed E-state index contributed by atoms with van der Waals surface area (Å²) in [5.74, 6) is 0.797. The monoisotopic (exact) mass is 227 g/mol. The third-order valence-corrected chi connectivity index (χ3v) is 1.82. The van der Waals surface area contributed by atoms with E-state index in [-0.39, 0.29) is 0 Å². The Kier molecular flexibility index (Phi) is 1.95. The number of nitrogens with zero attached hydrogens (tertiary/aromatic N) is 3. The van der Waals surface area contributed by atoms with Crippen molar-refractivity contribution in [3.63, 3.8) is 0 Å². The second-order valence-corrected chi connectivity index (χ2v) is 3.25. The molecule has 0 unspecified atom stereocenters. The van der Waals surface area contributed by atoms with Crippen molar-refractivity contribution in [2.45, 2.75) is 6.54 Å². The summed E-state index contributed by atoms with van der Waals surface area (Å²) < 4.78 is 7.65. The zero-order chi connectivity index (χ0) is 8.39. The zero-order valence-corrected chi connectivity index (χ0v) is 7.73. The van der Waals surface area contributed by atoms with E-state index >= 15 is 0 Å². The predicted molar refractivity (Wildman–Crippen MR) is 45.5 cm³/mol. The van der Waals surface area contributed by atoms with Crippen molar-refractivity contribution in [2.24, 2.45) is 0 Å². The quantitative estimate of drug-likeness (QED) is 0.785. The minimum Gasteiger partial charge on any atom is -0.359 e. The maximum Gasteiger partial charge on any atom is 0.158 e. The molecule has 0 aliphatic rings. The number of hydrogen-bond donors (Lipinski definition) is 0. The van der Waals surface area contributed by atoms with Crippen LogP contribution in [0.2, 0.25) is 0 Å². The molecule has 0 aromatic carbocycles. The van der Waals surface area contributed by atoms with E-state index in [1.807, 2.05) is 12.3 Å². The van der Waals surface area contributed by atoms with Crippen LogP contribution in [0.1, 0.15) is 5.76 Å². The second kappa shape index (κ2) is 3.10. The predicted octanol–water partition coefficient (Wildman–Crippen LogP) is 1.68. The van der Waals surface area contributed by atoms with Crippen LogP contribution in [0, 0.1) is 0 Å². The molecule has 0 radical (unpaired) electrons. The number of halogens is 1. The van der Waals surface area contributed by atoms with E-state index in [4.69, 9.17) is 4.52 Å². The molecule has 0 amide bonds. The van der Waals surface area contributed by atoms with Crippen LogP contribution in [0.5, 0.6) is 0 Å². The van der Waals surface area contributed by atoms with Gasteiger partial charge in [0, 0.05) is 12.3 Å². The number of rotatable bonds is 2. The Hall–Kier alpha value is -1.10. The normalized spacial score (nSPS) is 10.4. The molecule has 0 fully saturated rings. The molecular weight excluding hydrogens is 222 g/mol. The Morgan fingerprint density at radius 2 is 2.50 bits per heavy atom. The lowest BCUT2D eigenvalue weighted by atomic mass is 10.5. The molecule has 0 aliphatic carbocycles. The highest BCUT2D eigenvalue weighted by Crippen LogP contribution is 2.08. The van der Waals surface area contributed by atoms with Gasteiger partial charge in [0.1, 0.15) is 6.54 Å². The SMILES string of the molecule is Brc1cnn(Cc2ccno2)c1. The summed E-state index contributed by atoms with van der Waals surface area (Å²) in [5, 5.41) is 7.67. The van der Waals surface area contributed by atoms with Crippen molar-refractivity contribution >= 4 is 15.9 Å². The van der Waals surface area contributed by atoms with Crippen LogP contribution < -0.4 is 0 Å². The molecular formula is C7H6BrN3O. The first-order chi connectivity index (χ1) is 5.84. The molecule has 2 rings (SSSR count). The van der Waals surface area contributed by atoms with Gasteiger partial charge in [0.15, 0.2) is 5.76 Å². The molecule has 0 N–H and O–H groups in total. The first-order valence-electron chi connectivity index (χ1n) is 3.42. The average Bonchev–Trinajstić information content (AvgIpc) is 2.63. The van der Waals surface area contributed by atoms with Crippen molar-refractivity contribution < 1.29 is 4.52 Å². The summed E-state index contributed by atoms with van der Waals surface area (Å²) in [6.45, 7) is 0.617. The summed E-state index contributed by atoms with van der Waals surface area (Å²) in [7, 11) is 0. The summed E-state index contributed by atoms with van der Waals surface area (Å²) in [4.78, 5) is 0. The van der Waals surface area contributed by atoms with E-state index in [1.54, 1.807) is 17.1 Å². The molecule has 4 nitrogen and oxygen atoms in total. The van der Waals surface area contributed by atoms with E-state index in [9.17, 15) is 0 Å². The van der Waals surface area contributed by atoms with Crippen molar-refractivity contribution in [2.75, 3.05) is 0 Å². The summed E-state index contributed by atoms with van der Waals surface area (Å²) >= 11 is 3.31. The highest BCUT2D eigenvalue weighted by atomic mass is 79.9. The molecule has 0 bridgehead atoms. The van der Waals surface area contributed by atoms with Gasteiger partial charge in [-0.2, -0.15) is 5.10 Å². The first kappa shape index (κ1) is 7.54. The van der Waals surface area contributed by atoms with Crippen LogP contribution in [0.25, 0.3) is 0 Å². The Labute approximate surface area is 77.3 Å². The highest BCUT2D eigenvalue weighted by molar-refractivity contribution is 9.10. The van der Waals surface area contributed by atoms with Gasteiger partial charge in [-0.1, -0.05) is 5.16 Å². The number of aromatic nitrogens is 3. The summed E-state index contributed by atoms with van der Waals surface area (Å²) in [5.41, 5.74) is 0. The van der Waals surface area contributed by atoms with Crippen LogP contribution in [-0.2, 0) is 6.54 Å². The van der Waals surface area contributed by atoms with Crippen molar-refractivity contribution in [3.05, 3.63) is 34.9 Å². The van der Waals surface area contributed by atoms with Crippen molar-refractivity contribution in [3.8, 4) is 0 Å². The molecule has 5 heteroatoms. The Morgan fingerprint density at radius 3 is 3.08 bits per heavy atom. The molecule has 0 spiro atoms. The fraction of sp³-hybridized carbons (Fsp3) is 0.143. The molecule has 62 valence electrons. The molecule has 2 aromatic heterocycles. The van der Waals surface area contributed by atoms with Gasteiger partial charge < -0.3 is 4.52 Å². The van der Waals surface area contributed by atoms with Gasteiger partial charge in [0.05, 0.1) is 16.9 Å². The topological polar surface area (TPSA) is 43.9 Å². The molecule has 0 saturated heterocycles. The molecule has 2 aromatic rings. The van der Waals surface area contributed by atoms with Crippen LogP contribution in [0.3, 0.4) is 0 Å². The lowest BCUT2D eigenvalue weighted by Gasteiger charge is -1.93. The van der Waals surface area contributed by atoms with Gasteiger partial charge in [-0.25, -0.2) is 0 Å². The molecule has 0 aliphatic heterocycles. The van der Waals surface area contributed by atoms with Gasteiger partial charge in [-0.05, 0) is 15.9 Å².